The van der Waals surface area contributed by atoms with Gasteiger partial charge in [-0.3, -0.25) is 4.79 Å². The molecule has 1 saturated heterocycles. The minimum Gasteiger partial charge on any atom is -0.462 e. The van der Waals surface area contributed by atoms with Gasteiger partial charge < -0.3 is 14.5 Å². The van der Waals surface area contributed by atoms with Gasteiger partial charge in [-0.2, -0.15) is 4.31 Å². The summed E-state index contributed by atoms with van der Waals surface area (Å²) in [6, 6.07) is 8.20. The number of nitrogens with zero attached hydrogens (tertiary/aromatic N) is 1. The maximum absolute atomic E-state index is 13.1. The monoisotopic (exact) mass is 460 g/mol. The van der Waals surface area contributed by atoms with Crippen molar-refractivity contribution in [3.8, 4) is 0 Å². The van der Waals surface area contributed by atoms with Crippen LogP contribution in [0.3, 0.4) is 0 Å². The van der Waals surface area contributed by atoms with E-state index in [1.807, 2.05) is 0 Å². The number of benzene rings is 1. The number of hydrogen-bond acceptors (Lipinski definition) is 6. The van der Waals surface area contributed by atoms with E-state index in [0.717, 1.165) is 25.7 Å². The van der Waals surface area contributed by atoms with Crippen LogP contribution in [0.5, 0.6) is 0 Å². The number of aryl methyl sites for hydroxylation is 2. The Morgan fingerprint density at radius 1 is 1.09 bits per heavy atom. The highest BCUT2D eigenvalue weighted by Gasteiger charge is 2.27. The van der Waals surface area contributed by atoms with Gasteiger partial charge in [0, 0.05) is 24.9 Å². The summed E-state index contributed by atoms with van der Waals surface area (Å²) < 4.78 is 38.0. The van der Waals surface area contributed by atoms with Crippen LogP contribution in [0.25, 0.3) is 6.08 Å². The average Bonchev–Trinajstić information content (AvgIpc) is 2.99. The van der Waals surface area contributed by atoms with Crippen LogP contribution in [-0.4, -0.2) is 44.3 Å². The van der Waals surface area contributed by atoms with Crippen molar-refractivity contribution in [3.05, 3.63) is 53.5 Å². The van der Waals surface area contributed by atoms with Gasteiger partial charge >= 0.3 is 5.97 Å². The van der Waals surface area contributed by atoms with Gasteiger partial charge in [0.25, 0.3) is 5.91 Å². The molecule has 0 bridgehead atoms. The summed E-state index contributed by atoms with van der Waals surface area (Å²) in [5.41, 5.74) is 0.934. The first-order valence-corrected chi connectivity index (χ1v) is 12.0. The third kappa shape index (κ3) is 6.30. The summed E-state index contributed by atoms with van der Waals surface area (Å²) in [6.07, 6.45) is 6.35. The van der Waals surface area contributed by atoms with E-state index in [0.29, 0.717) is 35.9 Å². The van der Waals surface area contributed by atoms with Gasteiger partial charge in [-0.1, -0.05) is 18.9 Å². The predicted molar refractivity (Wildman–Crippen MR) is 120 cm³/mol. The summed E-state index contributed by atoms with van der Waals surface area (Å²) in [7, 11) is -3.65. The van der Waals surface area contributed by atoms with E-state index < -0.39 is 28.5 Å². The first-order valence-electron chi connectivity index (χ1n) is 10.6. The van der Waals surface area contributed by atoms with E-state index in [1.54, 1.807) is 38.1 Å². The van der Waals surface area contributed by atoms with Crippen molar-refractivity contribution >= 4 is 33.7 Å². The Morgan fingerprint density at radius 3 is 2.47 bits per heavy atom. The smallest absolute Gasteiger partial charge is 0.331 e. The maximum atomic E-state index is 13.1. The zero-order valence-electron chi connectivity index (χ0n) is 18.3. The van der Waals surface area contributed by atoms with E-state index in [2.05, 4.69) is 5.32 Å². The van der Waals surface area contributed by atoms with Crippen molar-refractivity contribution in [2.24, 2.45) is 0 Å². The highest BCUT2D eigenvalue weighted by atomic mass is 32.2. The molecule has 32 heavy (non-hydrogen) atoms. The molecule has 1 aliphatic heterocycles. The van der Waals surface area contributed by atoms with Crippen LogP contribution in [0.1, 0.15) is 42.8 Å². The molecule has 0 unspecified atom stereocenters. The highest BCUT2D eigenvalue weighted by Crippen LogP contribution is 2.25. The predicted octanol–water partition coefficient (Wildman–Crippen LogP) is 3.66. The molecule has 1 aromatic carbocycles. The lowest BCUT2D eigenvalue weighted by Crippen LogP contribution is -2.32. The second-order valence-electron chi connectivity index (χ2n) is 7.74. The second-order valence-corrected chi connectivity index (χ2v) is 9.64. The number of carbonyl (C=O) groups is 2. The standard InChI is InChI=1S/C23H28N2O6S/c1-17-7-9-19(15-21(17)32(28,29)25-13-5-3-4-6-14-25)24-22(26)16-30-23(27)12-11-20-10-8-18(2)31-20/h7-12,15H,3-6,13-14,16H2,1-2H3,(H,24,26)/b12-11+. The van der Waals surface area contributed by atoms with E-state index in [-0.39, 0.29) is 4.90 Å². The normalized spacial score (nSPS) is 15.4. The maximum Gasteiger partial charge on any atom is 0.331 e. The molecule has 8 nitrogen and oxygen atoms in total. The first-order chi connectivity index (χ1) is 15.3. The molecule has 0 aliphatic carbocycles. The van der Waals surface area contributed by atoms with Crippen LogP contribution in [0, 0.1) is 13.8 Å². The van der Waals surface area contributed by atoms with Crippen LogP contribution in [0.4, 0.5) is 5.69 Å². The minimum atomic E-state index is -3.65. The summed E-state index contributed by atoms with van der Waals surface area (Å²) in [6.45, 7) is 4.02. The first kappa shape index (κ1) is 23.7. The van der Waals surface area contributed by atoms with Crippen LogP contribution >= 0.6 is 0 Å². The van der Waals surface area contributed by atoms with Gasteiger partial charge in [0.1, 0.15) is 11.5 Å². The van der Waals surface area contributed by atoms with Gasteiger partial charge in [0.15, 0.2) is 6.61 Å². The molecule has 172 valence electrons. The summed E-state index contributed by atoms with van der Waals surface area (Å²) in [5, 5.41) is 2.59. The van der Waals surface area contributed by atoms with Crippen LogP contribution in [-0.2, 0) is 24.3 Å². The molecule has 0 spiro atoms. The van der Waals surface area contributed by atoms with Crippen molar-refractivity contribution in [3.63, 3.8) is 0 Å². The van der Waals surface area contributed by atoms with E-state index >= 15 is 0 Å². The van der Waals surface area contributed by atoms with Crippen molar-refractivity contribution in [2.45, 2.75) is 44.4 Å². The molecule has 0 saturated carbocycles. The van der Waals surface area contributed by atoms with E-state index in [1.165, 1.54) is 22.5 Å². The molecule has 3 rings (SSSR count). The number of rotatable bonds is 7. The molecule has 1 amide bonds. The fraction of sp³-hybridized carbons (Fsp3) is 0.391. The Morgan fingerprint density at radius 2 is 1.81 bits per heavy atom. The third-order valence-corrected chi connectivity index (χ3v) is 7.19. The fourth-order valence-electron chi connectivity index (χ4n) is 3.45. The SMILES string of the molecule is Cc1ccc(/C=C/C(=O)OCC(=O)Nc2ccc(C)c(S(=O)(=O)N3CCCCCC3)c2)o1. The lowest BCUT2D eigenvalue weighted by Gasteiger charge is -2.21. The number of hydrogen-bond donors (Lipinski definition) is 1. The molecule has 1 aromatic heterocycles. The summed E-state index contributed by atoms with van der Waals surface area (Å²) in [5.74, 6) is -0.0421. The van der Waals surface area contributed by atoms with Crippen LogP contribution < -0.4 is 5.32 Å². The van der Waals surface area contributed by atoms with E-state index in [9.17, 15) is 18.0 Å². The zero-order chi connectivity index (χ0) is 23.1. The topological polar surface area (TPSA) is 106 Å². The molecule has 1 N–H and O–H groups in total. The number of amides is 1. The summed E-state index contributed by atoms with van der Waals surface area (Å²) >= 11 is 0. The molecule has 1 aliphatic rings. The number of sulfonamides is 1. The zero-order valence-corrected chi connectivity index (χ0v) is 19.1. The minimum absolute atomic E-state index is 0.172. The number of ether oxygens (including phenoxy) is 1. The number of furan rings is 1. The Hall–Kier alpha value is -2.91. The number of esters is 1. The molecule has 0 radical (unpaired) electrons. The second kappa shape index (κ2) is 10.6. The van der Waals surface area contributed by atoms with Gasteiger partial charge in [-0.15, -0.1) is 0 Å². The van der Waals surface area contributed by atoms with Crippen molar-refractivity contribution in [1.82, 2.24) is 4.31 Å². The molecule has 1 fully saturated rings. The lowest BCUT2D eigenvalue weighted by molar-refractivity contribution is -0.142. The highest BCUT2D eigenvalue weighted by molar-refractivity contribution is 7.89. The molecular formula is C23H28N2O6S. The van der Waals surface area contributed by atoms with Crippen LogP contribution in [0.15, 0.2) is 45.7 Å². The fourth-order valence-corrected chi connectivity index (χ4v) is 5.22. The van der Waals surface area contributed by atoms with Crippen molar-refractivity contribution in [2.75, 3.05) is 25.0 Å². The Balaban J connectivity index is 1.60. The molecule has 2 aromatic rings. The Bertz CT molecular complexity index is 1100. The number of nitrogens with one attached hydrogen (secondary N) is 1. The Labute approximate surface area is 188 Å². The molecule has 9 heteroatoms. The Kier molecular flexibility index (Phi) is 7.87. The molecule has 2 heterocycles. The van der Waals surface area contributed by atoms with Gasteiger partial charge in [0.05, 0.1) is 4.90 Å². The molecular weight excluding hydrogens is 432 g/mol. The van der Waals surface area contributed by atoms with Crippen molar-refractivity contribution in [1.29, 1.82) is 0 Å². The quantitative estimate of drug-likeness (QED) is 0.499. The number of anilines is 1. The lowest BCUT2D eigenvalue weighted by atomic mass is 10.2. The van der Waals surface area contributed by atoms with Crippen LogP contribution in [0.2, 0.25) is 0 Å². The van der Waals surface area contributed by atoms with E-state index in [4.69, 9.17) is 9.15 Å². The summed E-state index contributed by atoms with van der Waals surface area (Å²) in [4.78, 5) is 24.2. The van der Waals surface area contributed by atoms with Crippen molar-refractivity contribution < 1.29 is 27.2 Å². The number of carbonyl (C=O) groups excluding carboxylic acids is 2. The molecule has 0 atom stereocenters. The van der Waals surface area contributed by atoms with Gasteiger partial charge in [0.2, 0.25) is 10.0 Å². The third-order valence-electron chi connectivity index (χ3n) is 5.15. The van der Waals surface area contributed by atoms with Gasteiger partial charge in [-0.05, 0) is 62.6 Å². The average molecular weight is 461 g/mol. The largest absolute Gasteiger partial charge is 0.462 e. The van der Waals surface area contributed by atoms with Gasteiger partial charge in [-0.25, -0.2) is 13.2 Å².